The van der Waals surface area contributed by atoms with Crippen LogP contribution in [0.15, 0.2) is 40.2 Å². The second kappa shape index (κ2) is 10.1. The molecule has 180 valence electrons. The van der Waals surface area contributed by atoms with Crippen molar-refractivity contribution in [2.75, 3.05) is 6.61 Å². The Morgan fingerprint density at radius 1 is 1.15 bits per heavy atom. The first-order chi connectivity index (χ1) is 15.9. The minimum Gasteiger partial charge on any atom is -0.477 e. The van der Waals surface area contributed by atoms with Gasteiger partial charge in [-0.1, -0.05) is 12.1 Å². The van der Waals surface area contributed by atoms with Gasteiger partial charge in [-0.05, 0) is 40.2 Å². The van der Waals surface area contributed by atoms with Crippen LogP contribution in [0.3, 0.4) is 0 Å². The fraction of sp³-hybridized carbons (Fsp3) is 0.190. The number of primary amides is 1. The highest BCUT2D eigenvalue weighted by atomic mass is 79.9. The second-order valence-corrected chi connectivity index (χ2v) is 9.08. The first kappa shape index (κ1) is 25.6. The van der Waals surface area contributed by atoms with Gasteiger partial charge in [0.15, 0.2) is 17.7 Å². The van der Waals surface area contributed by atoms with Crippen LogP contribution >= 0.6 is 27.3 Å². The molecule has 0 aliphatic rings. The van der Waals surface area contributed by atoms with E-state index in [0.29, 0.717) is 14.4 Å². The maximum Gasteiger partial charge on any atom is 0.416 e. The minimum absolute atomic E-state index is 0.130. The lowest BCUT2D eigenvalue weighted by Crippen LogP contribution is -2.20. The topological polar surface area (TPSA) is 91.5 Å². The number of carbonyl (C=O) groups excluding carboxylic acids is 2. The molecule has 0 aliphatic heterocycles. The quantitative estimate of drug-likeness (QED) is 0.295. The van der Waals surface area contributed by atoms with Crippen molar-refractivity contribution in [1.29, 1.82) is 0 Å². The van der Waals surface area contributed by atoms with Crippen molar-refractivity contribution in [3.05, 3.63) is 68.6 Å². The zero-order valence-electron chi connectivity index (χ0n) is 17.1. The van der Waals surface area contributed by atoms with Gasteiger partial charge >= 0.3 is 12.1 Å². The van der Waals surface area contributed by atoms with Gasteiger partial charge in [-0.2, -0.15) is 13.2 Å². The van der Waals surface area contributed by atoms with Crippen molar-refractivity contribution >= 4 is 39.1 Å². The molecule has 2 N–H and O–H groups in total. The molecule has 13 heteroatoms. The fourth-order valence-corrected chi connectivity index (χ4v) is 4.46. The number of nitrogens with two attached hydrogens (primary N) is 1. The van der Waals surface area contributed by atoms with Gasteiger partial charge in [-0.15, -0.1) is 11.3 Å². The maximum atomic E-state index is 14.7. The molecule has 0 radical (unpaired) electrons. The van der Waals surface area contributed by atoms with Crippen molar-refractivity contribution in [1.82, 2.24) is 4.98 Å². The number of alkyl halides is 3. The Bertz CT molecular complexity index is 1230. The summed E-state index contributed by atoms with van der Waals surface area (Å²) in [4.78, 5) is 27.1. The van der Waals surface area contributed by atoms with Crippen LogP contribution in [0.1, 0.15) is 34.6 Å². The zero-order valence-corrected chi connectivity index (χ0v) is 19.5. The molecule has 1 amide bonds. The third kappa shape index (κ3) is 5.70. The van der Waals surface area contributed by atoms with Gasteiger partial charge in [0.2, 0.25) is 0 Å². The van der Waals surface area contributed by atoms with Gasteiger partial charge in [0.1, 0.15) is 28.7 Å². The lowest BCUT2D eigenvalue weighted by molar-refractivity contribution is -0.143. The largest absolute Gasteiger partial charge is 0.477 e. The van der Waals surface area contributed by atoms with E-state index >= 15 is 0 Å². The van der Waals surface area contributed by atoms with E-state index in [4.69, 9.17) is 15.2 Å². The first-order valence-corrected chi connectivity index (χ1v) is 10.9. The molecule has 1 atom stereocenters. The van der Waals surface area contributed by atoms with Crippen molar-refractivity contribution in [3.8, 4) is 16.3 Å². The number of ether oxygens (including phenoxy) is 2. The highest BCUT2D eigenvalue weighted by molar-refractivity contribution is 9.11. The predicted molar refractivity (Wildman–Crippen MR) is 115 cm³/mol. The van der Waals surface area contributed by atoms with E-state index in [-0.39, 0.29) is 5.69 Å². The number of esters is 1. The summed E-state index contributed by atoms with van der Waals surface area (Å²) in [5.74, 6) is -5.12. The molecule has 1 aromatic heterocycles. The normalized spacial score (nSPS) is 12.3. The lowest BCUT2D eigenvalue weighted by Gasteiger charge is -2.19. The maximum absolute atomic E-state index is 14.7. The molecular weight excluding hydrogens is 551 g/mol. The molecule has 0 saturated heterocycles. The standard InChI is InChI=1S/C21H14BrF5N2O4S/c1-9(30)32-8-14(33-13-7-6-12(23)15(16(13)24)19(28)31)17-18(22)34-20(29-17)10-2-4-11(5-3-10)21(25,26)27/h2-7,14H,8H2,1H3,(H2,28,31). The minimum atomic E-state index is -4.50. The van der Waals surface area contributed by atoms with Crippen LogP contribution in [-0.4, -0.2) is 23.5 Å². The molecule has 0 bridgehead atoms. The van der Waals surface area contributed by atoms with Gasteiger partial charge in [0, 0.05) is 12.5 Å². The van der Waals surface area contributed by atoms with E-state index in [1.54, 1.807) is 0 Å². The Morgan fingerprint density at radius 2 is 1.79 bits per heavy atom. The fourth-order valence-electron chi connectivity index (χ4n) is 2.80. The molecule has 34 heavy (non-hydrogen) atoms. The van der Waals surface area contributed by atoms with Crippen molar-refractivity contribution < 1.29 is 41.0 Å². The number of halogens is 6. The molecule has 3 rings (SSSR count). The number of aromatic nitrogens is 1. The average molecular weight is 565 g/mol. The molecule has 6 nitrogen and oxygen atoms in total. The molecule has 0 fully saturated rings. The van der Waals surface area contributed by atoms with Gasteiger partial charge in [0.05, 0.1) is 9.35 Å². The molecule has 3 aromatic rings. The number of hydrogen-bond donors (Lipinski definition) is 1. The number of thiazole rings is 1. The summed E-state index contributed by atoms with van der Waals surface area (Å²) in [5.41, 5.74) is 3.67. The zero-order chi connectivity index (χ0) is 25.2. The predicted octanol–water partition coefficient (Wildman–Crippen LogP) is 5.65. The van der Waals surface area contributed by atoms with E-state index in [0.717, 1.165) is 42.5 Å². The monoisotopic (exact) mass is 564 g/mol. The van der Waals surface area contributed by atoms with E-state index < -0.39 is 59.3 Å². The molecule has 1 heterocycles. The van der Waals surface area contributed by atoms with Gasteiger partial charge in [-0.3, -0.25) is 9.59 Å². The number of nitrogens with zero attached hydrogens (tertiary/aromatic N) is 1. The molecule has 0 saturated carbocycles. The third-order valence-electron chi connectivity index (χ3n) is 4.38. The van der Waals surface area contributed by atoms with E-state index in [1.807, 2.05) is 0 Å². The van der Waals surface area contributed by atoms with Crippen molar-refractivity contribution in [2.24, 2.45) is 5.73 Å². The summed E-state index contributed by atoms with van der Waals surface area (Å²) >= 11 is 4.32. The van der Waals surface area contributed by atoms with Crippen LogP contribution in [-0.2, 0) is 15.7 Å². The molecular formula is C21H14BrF5N2O4S. The van der Waals surface area contributed by atoms with Gasteiger partial charge in [0.25, 0.3) is 5.91 Å². The van der Waals surface area contributed by atoms with Gasteiger partial charge < -0.3 is 15.2 Å². The summed E-state index contributed by atoms with van der Waals surface area (Å²) in [7, 11) is 0. The Balaban J connectivity index is 1.98. The van der Waals surface area contributed by atoms with Crippen molar-refractivity contribution in [3.63, 3.8) is 0 Å². The molecule has 0 spiro atoms. The van der Waals surface area contributed by atoms with Gasteiger partial charge in [-0.25, -0.2) is 13.8 Å². The first-order valence-electron chi connectivity index (χ1n) is 9.30. The van der Waals surface area contributed by atoms with E-state index in [2.05, 4.69) is 20.9 Å². The summed E-state index contributed by atoms with van der Waals surface area (Å²) < 4.78 is 77.8. The Kier molecular flexibility index (Phi) is 7.56. The number of rotatable bonds is 7. The van der Waals surface area contributed by atoms with Crippen LogP contribution < -0.4 is 10.5 Å². The van der Waals surface area contributed by atoms with Crippen LogP contribution in [0.4, 0.5) is 22.0 Å². The second-order valence-electron chi connectivity index (χ2n) is 6.76. The van der Waals surface area contributed by atoms with Crippen LogP contribution in [0.5, 0.6) is 5.75 Å². The number of amides is 1. The van der Waals surface area contributed by atoms with E-state index in [9.17, 15) is 31.5 Å². The molecule has 1 unspecified atom stereocenters. The third-order valence-corrected chi connectivity index (χ3v) is 6.18. The Hall–Kier alpha value is -3.06. The van der Waals surface area contributed by atoms with Crippen LogP contribution in [0.25, 0.3) is 10.6 Å². The Labute approximate surface area is 201 Å². The number of benzene rings is 2. The average Bonchev–Trinajstić information content (AvgIpc) is 3.13. The van der Waals surface area contributed by atoms with Crippen LogP contribution in [0.2, 0.25) is 0 Å². The molecule has 0 aliphatic carbocycles. The highest BCUT2D eigenvalue weighted by Gasteiger charge is 2.31. The van der Waals surface area contributed by atoms with Crippen LogP contribution in [0, 0.1) is 11.6 Å². The number of carbonyl (C=O) groups is 2. The summed E-state index contributed by atoms with van der Waals surface area (Å²) in [6.07, 6.45) is -5.72. The SMILES string of the molecule is CC(=O)OCC(Oc1ccc(F)c(C(N)=O)c1F)c1nc(-c2ccc(C(F)(F)F)cc2)sc1Br. The van der Waals surface area contributed by atoms with Crippen molar-refractivity contribution in [2.45, 2.75) is 19.2 Å². The highest BCUT2D eigenvalue weighted by Crippen LogP contribution is 2.38. The Morgan fingerprint density at radius 3 is 2.35 bits per heavy atom. The summed E-state index contributed by atoms with van der Waals surface area (Å²) in [6, 6.07) is 5.98. The summed E-state index contributed by atoms with van der Waals surface area (Å²) in [5, 5.41) is 0.296. The summed E-state index contributed by atoms with van der Waals surface area (Å²) in [6.45, 7) is 0.692. The lowest BCUT2D eigenvalue weighted by atomic mass is 10.1. The smallest absolute Gasteiger partial charge is 0.416 e. The van der Waals surface area contributed by atoms with E-state index in [1.165, 1.54) is 12.1 Å². The molecule has 2 aromatic carbocycles. The number of hydrogen-bond acceptors (Lipinski definition) is 6.